The molecule has 2 nitrogen and oxygen atoms in total. The number of nitrogens with zero attached hydrogens (tertiary/aromatic N) is 1. The summed E-state index contributed by atoms with van der Waals surface area (Å²) in [6, 6.07) is 0.675. The number of likely N-dealkylation sites (N-methyl/N-ethyl adjacent to an activating group) is 2. The predicted octanol–water partition coefficient (Wildman–Crippen LogP) is 1.33. The molecule has 0 aliphatic heterocycles. The number of hydrogen-bond acceptors (Lipinski definition) is 2. The van der Waals surface area contributed by atoms with Crippen molar-refractivity contribution in [2.75, 3.05) is 27.2 Å². The molecule has 0 aromatic heterocycles. The van der Waals surface area contributed by atoms with Crippen LogP contribution in [0.15, 0.2) is 0 Å². The third-order valence-corrected chi connectivity index (χ3v) is 2.70. The molecule has 0 spiro atoms. The van der Waals surface area contributed by atoms with Crippen molar-refractivity contribution < 1.29 is 0 Å². The minimum atomic E-state index is 0.675. The van der Waals surface area contributed by atoms with Gasteiger partial charge in [0.15, 0.2) is 0 Å². The van der Waals surface area contributed by atoms with Crippen LogP contribution < -0.4 is 5.32 Å². The van der Waals surface area contributed by atoms with E-state index in [1.807, 2.05) is 0 Å². The van der Waals surface area contributed by atoms with Gasteiger partial charge in [0.1, 0.15) is 0 Å². The molecule has 12 heavy (non-hydrogen) atoms. The van der Waals surface area contributed by atoms with Gasteiger partial charge in [0.05, 0.1) is 0 Å². The van der Waals surface area contributed by atoms with Gasteiger partial charge in [-0.05, 0) is 39.3 Å². The Labute approximate surface area is 76.3 Å². The zero-order valence-electron chi connectivity index (χ0n) is 8.64. The van der Waals surface area contributed by atoms with Gasteiger partial charge in [-0.15, -0.1) is 0 Å². The fourth-order valence-electron chi connectivity index (χ4n) is 1.62. The second-order valence-corrected chi connectivity index (χ2v) is 4.06. The SMILES string of the molecule is CCC(CN(C)CC1CC1)NC. The molecule has 1 saturated carbocycles. The molecule has 1 fully saturated rings. The molecule has 72 valence electrons. The summed E-state index contributed by atoms with van der Waals surface area (Å²) in [5, 5.41) is 3.33. The van der Waals surface area contributed by atoms with Crippen molar-refractivity contribution in [1.29, 1.82) is 0 Å². The molecule has 1 N–H and O–H groups in total. The second kappa shape index (κ2) is 4.83. The summed E-state index contributed by atoms with van der Waals surface area (Å²) >= 11 is 0. The van der Waals surface area contributed by atoms with E-state index < -0.39 is 0 Å². The van der Waals surface area contributed by atoms with Crippen molar-refractivity contribution in [3.8, 4) is 0 Å². The normalized spacial score (nSPS) is 20.0. The van der Waals surface area contributed by atoms with Gasteiger partial charge in [0.25, 0.3) is 0 Å². The highest BCUT2D eigenvalue weighted by atomic mass is 15.1. The first-order valence-electron chi connectivity index (χ1n) is 5.12. The van der Waals surface area contributed by atoms with Gasteiger partial charge >= 0.3 is 0 Å². The topological polar surface area (TPSA) is 15.3 Å². The first-order chi connectivity index (χ1) is 5.76. The average molecular weight is 170 g/mol. The maximum Gasteiger partial charge on any atom is 0.0189 e. The van der Waals surface area contributed by atoms with Crippen LogP contribution in [-0.4, -0.2) is 38.1 Å². The summed E-state index contributed by atoms with van der Waals surface area (Å²) in [5.74, 6) is 1.02. The van der Waals surface area contributed by atoms with Crippen LogP contribution in [-0.2, 0) is 0 Å². The summed E-state index contributed by atoms with van der Waals surface area (Å²) in [7, 11) is 4.29. The summed E-state index contributed by atoms with van der Waals surface area (Å²) in [6.45, 7) is 4.74. The number of hydrogen-bond donors (Lipinski definition) is 1. The predicted molar refractivity (Wildman–Crippen MR) is 53.4 cm³/mol. The van der Waals surface area contributed by atoms with Gasteiger partial charge in [-0.25, -0.2) is 0 Å². The molecule has 0 aromatic rings. The fourth-order valence-corrected chi connectivity index (χ4v) is 1.62. The Hall–Kier alpha value is -0.0800. The van der Waals surface area contributed by atoms with Gasteiger partial charge in [-0.1, -0.05) is 6.92 Å². The maximum atomic E-state index is 3.33. The Balaban J connectivity index is 2.09. The van der Waals surface area contributed by atoms with Crippen molar-refractivity contribution >= 4 is 0 Å². The van der Waals surface area contributed by atoms with Gasteiger partial charge in [0, 0.05) is 19.1 Å². The van der Waals surface area contributed by atoms with Crippen molar-refractivity contribution in [2.24, 2.45) is 5.92 Å². The molecule has 1 aliphatic carbocycles. The average Bonchev–Trinajstić information content (AvgIpc) is 2.84. The third-order valence-electron chi connectivity index (χ3n) is 2.70. The van der Waals surface area contributed by atoms with Crippen LogP contribution >= 0.6 is 0 Å². The third kappa shape index (κ3) is 3.55. The molecule has 1 atom stereocenters. The largest absolute Gasteiger partial charge is 0.316 e. The van der Waals surface area contributed by atoms with Crippen LogP contribution in [0.3, 0.4) is 0 Å². The van der Waals surface area contributed by atoms with Gasteiger partial charge < -0.3 is 10.2 Å². The van der Waals surface area contributed by atoms with Crippen LogP contribution in [0.5, 0.6) is 0 Å². The van der Waals surface area contributed by atoms with Gasteiger partial charge in [-0.3, -0.25) is 0 Å². The lowest BCUT2D eigenvalue weighted by Crippen LogP contribution is -2.37. The van der Waals surface area contributed by atoms with Crippen LogP contribution in [0, 0.1) is 5.92 Å². The van der Waals surface area contributed by atoms with Gasteiger partial charge in [0.2, 0.25) is 0 Å². The Morgan fingerprint density at radius 2 is 2.17 bits per heavy atom. The number of nitrogens with one attached hydrogen (secondary N) is 1. The van der Waals surface area contributed by atoms with E-state index in [0.29, 0.717) is 6.04 Å². The molecule has 1 unspecified atom stereocenters. The first-order valence-corrected chi connectivity index (χ1v) is 5.12. The van der Waals surface area contributed by atoms with E-state index in [1.54, 1.807) is 0 Å². The maximum absolute atomic E-state index is 3.33. The monoisotopic (exact) mass is 170 g/mol. The molecule has 0 amide bonds. The van der Waals surface area contributed by atoms with Crippen LogP contribution in [0.1, 0.15) is 26.2 Å². The lowest BCUT2D eigenvalue weighted by Gasteiger charge is -2.22. The fraction of sp³-hybridized carbons (Fsp3) is 1.00. The highest BCUT2D eigenvalue weighted by molar-refractivity contribution is 4.77. The summed E-state index contributed by atoms with van der Waals surface area (Å²) in [4.78, 5) is 2.46. The van der Waals surface area contributed by atoms with E-state index in [2.05, 4.69) is 31.2 Å². The zero-order chi connectivity index (χ0) is 8.97. The molecular formula is C10H22N2. The molecule has 1 aliphatic rings. The summed E-state index contributed by atoms with van der Waals surface area (Å²) in [6.07, 6.45) is 4.15. The minimum absolute atomic E-state index is 0.675. The molecule has 0 aromatic carbocycles. The van der Waals surface area contributed by atoms with E-state index in [-0.39, 0.29) is 0 Å². The van der Waals surface area contributed by atoms with E-state index in [9.17, 15) is 0 Å². The molecular weight excluding hydrogens is 148 g/mol. The van der Waals surface area contributed by atoms with E-state index >= 15 is 0 Å². The summed E-state index contributed by atoms with van der Waals surface area (Å²) < 4.78 is 0. The molecule has 0 heterocycles. The molecule has 0 radical (unpaired) electrons. The van der Waals surface area contributed by atoms with E-state index in [1.165, 1.54) is 32.4 Å². The highest BCUT2D eigenvalue weighted by Crippen LogP contribution is 2.29. The van der Waals surface area contributed by atoms with E-state index in [0.717, 1.165) is 5.92 Å². The van der Waals surface area contributed by atoms with Crippen molar-refractivity contribution in [3.63, 3.8) is 0 Å². The Kier molecular flexibility index (Phi) is 4.02. The lowest BCUT2D eigenvalue weighted by molar-refractivity contribution is 0.281. The van der Waals surface area contributed by atoms with Gasteiger partial charge in [-0.2, -0.15) is 0 Å². The Morgan fingerprint density at radius 1 is 1.50 bits per heavy atom. The van der Waals surface area contributed by atoms with Crippen LogP contribution in [0.2, 0.25) is 0 Å². The van der Waals surface area contributed by atoms with Crippen molar-refractivity contribution in [2.45, 2.75) is 32.2 Å². The second-order valence-electron chi connectivity index (χ2n) is 4.06. The number of rotatable bonds is 6. The molecule has 0 bridgehead atoms. The zero-order valence-corrected chi connectivity index (χ0v) is 8.64. The van der Waals surface area contributed by atoms with Crippen LogP contribution in [0.25, 0.3) is 0 Å². The summed E-state index contributed by atoms with van der Waals surface area (Å²) in [5.41, 5.74) is 0. The van der Waals surface area contributed by atoms with Crippen molar-refractivity contribution in [1.82, 2.24) is 10.2 Å². The molecule has 2 heteroatoms. The first kappa shape index (κ1) is 10.0. The minimum Gasteiger partial charge on any atom is -0.316 e. The lowest BCUT2D eigenvalue weighted by atomic mass is 10.2. The molecule has 1 rings (SSSR count). The molecule has 0 saturated heterocycles. The Bertz CT molecular complexity index is 117. The Morgan fingerprint density at radius 3 is 2.58 bits per heavy atom. The standard InChI is InChI=1S/C10H22N2/c1-4-10(11-2)8-12(3)7-9-5-6-9/h9-11H,4-8H2,1-3H3. The highest BCUT2D eigenvalue weighted by Gasteiger charge is 2.23. The van der Waals surface area contributed by atoms with Crippen molar-refractivity contribution in [3.05, 3.63) is 0 Å². The quantitative estimate of drug-likeness (QED) is 0.647. The smallest absolute Gasteiger partial charge is 0.0189 e. The van der Waals surface area contributed by atoms with E-state index in [4.69, 9.17) is 0 Å². The van der Waals surface area contributed by atoms with Crippen LogP contribution in [0.4, 0.5) is 0 Å².